The highest BCUT2D eigenvalue weighted by Crippen LogP contribution is 2.40. The van der Waals surface area contributed by atoms with Crippen LogP contribution >= 0.6 is 11.3 Å². The van der Waals surface area contributed by atoms with Gasteiger partial charge in [0.15, 0.2) is 0 Å². The van der Waals surface area contributed by atoms with Crippen LogP contribution in [0.5, 0.6) is 0 Å². The van der Waals surface area contributed by atoms with Crippen molar-refractivity contribution in [3.63, 3.8) is 0 Å². The molecule has 3 aromatic rings. The number of rotatable bonds is 5. The number of esters is 1. The van der Waals surface area contributed by atoms with Crippen LogP contribution in [0.25, 0.3) is 11.3 Å². The van der Waals surface area contributed by atoms with Crippen molar-refractivity contribution in [2.24, 2.45) is 5.92 Å². The number of carbonyl (C=O) groups excluding carboxylic acids is 2. The fraction of sp³-hybridized carbons (Fsp3) is 0.333. The van der Waals surface area contributed by atoms with Crippen LogP contribution in [0.15, 0.2) is 34.7 Å². The monoisotopic (exact) mass is 441 g/mol. The second kappa shape index (κ2) is 8.67. The van der Waals surface area contributed by atoms with Gasteiger partial charge < -0.3 is 14.5 Å². The summed E-state index contributed by atoms with van der Waals surface area (Å²) in [5.41, 5.74) is 2.51. The molecule has 1 unspecified atom stereocenters. The maximum atomic E-state index is 13.2. The van der Waals surface area contributed by atoms with E-state index in [4.69, 9.17) is 9.15 Å². The summed E-state index contributed by atoms with van der Waals surface area (Å²) in [6.45, 7) is 5.93. The Morgan fingerprint density at radius 2 is 2.03 bits per heavy atom. The predicted octanol–water partition coefficient (Wildman–Crippen LogP) is 6.01. The number of amides is 1. The number of hydrogen-bond donors (Lipinski definition) is 1. The molecule has 1 N–H and O–H groups in total. The fourth-order valence-corrected chi connectivity index (χ4v) is 5.29. The van der Waals surface area contributed by atoms with Crippen molar-refractivity contribution in [3.05, 3.63) is 63.5 Å². The van der Waals surface area contributed by atoms with Crippen LogP contribution in [-0.4, -0.2) is 18.5 Å². The lowest BCUT2D eigenvalue weighted by Gasteiger charge is -2.18. The zero-order valence-corrected chi connectivity index (χ0v) is 18.5. The number of thiophene rings is 1. The Balaban J connectivity index is 1.64. The van der Waals surface area contributed by atoms with Crippen molar-refractivity contribution in [2.75, 3.05) is 11.9 Å². The van der Waals surface area contributed by atoms with Crippen molar-refractivity contribution in [1.29, 1.82) is 0 Å². The van der Waals surface area contributed by atoms with Crippen molar-refractivity contribution in [2.45, 2.75) is 40.0 Å². The molecule has 1 aliphatic rings. The number of nitrogens with one attached hydrogen (secondary N) is 1. The van der Waals surface area contributed by atoms with Crippen molar-refractivity contribution in [3.8, 4) is 11.3 Å². The molecular formula is C24H24FNO4S. The van der Waals surface area contributed by atoms with Crippen LogP contribution in [0.4, 0.5) is 9.39 Å². The maximum absolute atomic E-state index is 13.2. The van der Waals surface area contributed by atoms with Gasteiger partial charge in [-0.15, -0.1) is 11.3 Å². The summed E-state index contributed by atoms with van der Waals surface area (Å²) in [6, 6.07) is 7.52. The van der Waals surface area contributed by atoms with Gasteiger partial charge in [-0.05, 0) is 74.9 Å². The lowest BCUT2D eigenvalue weighted by atomic mass is 9.88. The minimum atomic E-state index is -0.402. The van der Waals surface area contributed by atoms with Crippen molar-refractivity contribution in [1.82, 2.24) is 0 Å². The third-order valence-corrected chi connectivity index (χ3v) is 6.68. The second-order valence-corrected chi connectivity index (χ2v) is 8.92. The van der Waals surface area contributed by atoms with Gasteiger partial charge in [0.1, 0.15) is 22.3 Å². The Bertz CT molecular complexity index is 1130. The van der Waals surface area contributed by atoms with Crippen molar-refractivity contribution >= 4 is 28.2 Å². The third kappa shape index (κ3) is 4.28. The van der Waals surface area contributed by atoms with Crippen LogP contribution < -0.4 is 5.32 Å². The van der Waals surface area contributed by atoms with E-state index in [-0.39, 0.29) is 18.3 Å². The van der Waals surface area contributed by atoms with Gasteiger partial charge in [-0.25, -0.2) is 9.18 Å². The number of ether oxygens (including phenoxy) is 1. The summed E-state index contributed by atoms with van der Waals surface area (Å²) in [5.74, 6) is 0.371. The topological polar surface area (TPSA) is 68.5 Å². The molecule has 4 rings (SSSR count). The first-order chi connectivity index (χ1) is 14.9. The molecule has 31 heavy (non-hydrogen) atoms. The molecule has 2 aromatic heterocycles. The first kappa shape index (κ1) is 21.3. The van der Waals surface area contributed by atoms with Crippen LogP contribution in [0.2, 0.25) is 0 Å². The molecule has 0 saturated heterocycles. The van der Waals surface area contributed by atoms with Crippen LogP contribution in [-0.2, 0) is 17.6 Å². The Labute approximate surface area is 184 Å². The number of furan rings is 1. The summed E-state index contributed by atoms with van der Waals surface area (Å²) in [7, 11) is 0. The Morgan fingerprint density at radius 1 is 1.29 bits per heavy atom. The molecule has 0 bridgehead atoms. The maximum Gasteiger partial charge on any atom is 0.341 e. The molecule has 0 spiro atoms. The molecule has 1 aromatic carbocycles. The van der Waals surface area contributed by atoms with Gasteiger partial charge in [0, 0.05) is 10.4 Å². The SMILES string of the molecule is CCOC(=O)c1c(NC(=O)c2cc(-c3ccc(F)cc3)oc2C)sc2c1CCC(C)C2. The largest absolute Gasteiger partial charge is 0.462 e. The average molecular weight is 442 g/mol. The van der Waals surface area contributed by atoms with Gasteiger partial charge in [0.25, 0.3) is 5.91 Å². The molecule has 0 radical (unpaired) electrons. The number of anilines is 1. The Hall–Kier alpha value is -2.93. The number of benzene rings is 1. The van der Waals surface area contributed by atoms with Crippen molar-refractivity contribution < 1.29 is 23.1 Å². The summed E-state index contributed by atoms with van der Waals surface area (Å²) >= 11 is 1.45. The minimum Gasteiger partial charge on any atom is -0.462 e. The number of halogens is 1. The molecular weight excluding hydrogens is 417 g/mol. The highest BCUT2D eigenvalue weighted by Gasteiger charge is 2.30. The van der Waals surface area contributed by atoms with E-state index in [1.807, 2.05) is 0 Å². The summed E-state index contributed by atoms with van der Waals surface area (Å²) < 4.78 is 24.2. The lowest BCUT2D eigenvalue weighted by molar-refractivity contribution is 0.0526. The highest BCUT2D eigenvalue weighted by molar-refractivity contribution is 7.17. The molecule has 0 aliphatic heterocycles. The van der Waals surface area contributed by atoms with E-state index in [0.29, 0.717) is 39.1 Å². The van der Waals surface area contributed by atoms with Gasteiger partial charge in [0.2, 0.25) is 0 Å². The average Bonchev–Trinajstić information content (AvgIpc) is 3.28. The molecule has 2 heterocycles. The molecule has 0 fully saturated rings. The molecule has 1 atom stereocenters. The number of carbonyl (C=O) groups is 2. The fourth-order valence-electron chi connectivity index (χ4n) is 3.89. The number of fused-ring (bicyclic) bond motifs is 1. The van der Waals surface area contributed by atoms with E-state index in [2.05, 4.69) is 12.2 Å². The molecule has 5 nitrogen and oxygen atoms in total. The molecule has 1 amide bonds. The van der Waals surface area contributed by atoms with Gasteiger partial charge in [-0.3, -0.25) is 4.79 Å². The first-order valence-electron chi connectivity index (χ1n) is 10.4. The van der Waals surface area contributed by atoms with E-state index in [1.54, 1.807) is 32.0 Å². The highest BCUT2D eigenvalue weighted by atomic mass is 32.1. The standard InChI is InChI=1S/C24H24FNO4S/c1-4-29-24(28)21-17-10-5-13(2)11-20(17)31-23(21)26-22(27)18-12-19(30-14(18)3)15-6-8-16(25)9-7-15/h6-9,12-13H,4-5,10-11H2,1-3H3,(H,26,27). The van der Waals surface area contributed by atoms with Crippen LogP contribution in [0, 0.1) is 18.7 Å². The zero-order valence-electron chi connectivity index (χ0n) is 17.7. The molecule has 1 aliphatic carbocycles. The van der Waals surface area contributed by atoms with E-state index in [0.717, 1.165) is 29.7 Å². The summed E-state index contributed by atoms with van der Waals surface area (Å²) in [5, 5.41) is 3.43. The van der Waals surface area contributed by atoms with Crippen LogP contribution in [0.1, 0.15) is 57.2 Å². The smallest absolute Gasteiger partial charge is 0.341 e. The minimum absolute atomic E-state index is 0.273. The van der Waals surface area contributed by atoms with E-state index in [9.17, 15) is 14.0 Å². The Morgan fingerprint density at radius 3 is 2.74 bits per heavy atom. The number of hydrogen-bond acceptors (Lipinski definition) is 5. The number of aryl methyl sites for hydroxylation is 1. The van der Waals surface area contributed by atoms with Gasteiger partial charge >= 0.3 is 5.97 Å². The van der Waals surface area contributed by atoms with E-state index in [1.165, 1.54) is 23.5 Å². The van der Waals surface area contributed by atoms with E-state index >= 15 is 0 Å². The molecule has 0 saturated carbocycles. The quantitative estimate of drug-likeness (QED) is 0.493. The lowest BCUT2D eigenvalue weighted by Crippen LogP contribution is -2.16. The second-order valence-electron chi connectivity index (χ2n) is 7.82. The summed E-state index contributed by atoms with van der Waals surface area (Å²) in [4.78, 5) is 26.9. The first-order valence-corrected chi connectivity index (χ1v) is 11.2. The summed E-state index contributed by atoms with van der Waals surface area (Å²) in [6.07, 6.45) is 2.70. The predicted molar refractivity (Wildman–Crippen MR) is 118 cm³/mol. The Kier molecular flexibility index (Phi) is 5.96. The third-order valence-electron chi connectivity index (χ3n) is 5.51. The van der Waals surface area contributed by atoms with Crippen LogP contribution in [0.3, 0.4) is 0 Å². The molecule has 162 valence electrons. The molecule has 7 heteroatoms. The van der Waals surface area contributed by atoms with Gasteiger partial charge in [-0.2, -0.15) is 0 Å². The zero-order chi connectivity index (χ0) is 22.1. The van der Waals surface area contributed by atoms with E-state index < -0.39 is 5.97 Å². The normalized spacial score (nSPS) is 15.4. The van der Waals surface area contributed by atoms with Gasteiger partial charge in [0.05, 0.1) is 17.7 Å². The van der Waals surface area contributed by atoms with Gasteiger partial charge in [-0.1, -0.05) is 6.92 Å².